The van der Waals surface area contributed by atoms with Crippen molar-refractivity contribution < 1.29 is 5.11 Å². The molecular formula is C23H24O. The Morgan fingerprint density at radius 3 is 1.12 bits per heavy atom. The molecule has 3 rings (SSSR count). The van der Waals surface area contributed by atoms with Gasteiger partial charge in [0.2, 0.25) is 0 Å². The maximum Gasteiger partial charge on any atom is 0.0606 e. The molecule has 1 heteroatoms. The SMILES string of the molecule is CC(C)(O)CC(c1ccccc1)(c1ccccc1)c1ccccc1. The molecule has 0 aromatic heterocycles. The molecule has 3 aromatic carbocycles. The fourth-order valence-electron chi connectivity index (χ4n) is 3.62. The van der Waals surface area contributed by atoms with Crippen molar-refractivity contribution in [1.29, 1.82) is 0 Å². The molecule has 0 saturated heterocycles. The molecule has 0 spiro atoms. The Morgan fingerprint density at radius 1 is 0.583 bits per heavy atom. The zero-order valence-electron chi connectivity index (χ0n) is 14.3. The van der Waals surface area contributed by atoms with Crippen LogP contribution in [0.5, 0.6) is 0 Å². The Hall–Kier alpha value is -2.38. The van der Waals surface area contributed by atoms with E-state index in [2.05, 4.69) is 72.8 Å². The summed E-state index contributed by atoms with van der Waals surface area (Å²) in [5.74, 6) is 0. The monoisotopic (exact) mass is 316 g/mol. The van der Waals surface area contributed by atoms with Crippen molar-refractivity contribution in [2.45, 2.75) is 31.3 Å². The number of aliphatic hydroxyl groups is 1. The van der Waals surface area contributed by atoms with Gasteiger partial charge in [-0.25, -0.2) is 0 Å². The third-order valence-electron chi connectivity index (χ3n) is 4.50. The first kappa shape index (κ1) is 16.5. The van der Waals surface area contributed by atoms with Gasteiger partial charge in [-0.2, -0.15) is 0 Å². The van der Waals surface area contributed by atoms with Crippen LogP contribution in [0, 0.1) is 0 Å². The van der Waals surface area contributed by atoms with Crippen molar-refractivity contribution in [3.63, 3.8) is 0 Å². The molecule has 3 aromatic rings. The molecule has 0 bridgehead atoms. The molecule has 0 aliphatic carbocycles. The lowest BCUT2D eigenvalue weighted by Gasteiger charge is -2.40. The highest BCUT2D eigenvalue weighted by Crippen LogP contribution is 2.44. The summed E-state index contributed by atoms with van der Waals surface area (Å²) in [6, 6.07) is 31.5. The van der Waals surface area contributed by atoms with E-state index in [1.165, 1.54) is 16.7 Å². The van der Waals surface area contributed by atoms with Crippen molar-refractivity contribution in [2.75, 3.05) is 0 Å². The number of hydrogen-bond acceptors (Lipinski definition) is 1. The second-order valence-electron chi connectivity index (χ2n) is 6.99. The van der Waals surface area contributed by atoms with Gasteiger partial charge in [0.15, 0.2) is 0 Å². The molecule has 1 nitrogen and oxygen atoms in total. The highest BCUT2D eigenvalue weighted by atomic mass is 16.3. The summed E-state index contributed by atoms with van der Waals surface area (Å²) < 4.78 is 0. The van der Waals surface area contributed by atoms with E-state index in [0.717, 1.165) is 0 Å². The van der Waals surface area contributed by atoms with E-state index in [1.54, 1.807) is 0 Å². The first-order chi connectivity index (χ1) is 11.5. The topological polar surface area (TPSA) is 20.2 Å². The van der Waals surface area contributed by atoms with Crippen LogP contribution in [0.25, 0.3) is 0 Å². The Kier molecular flexibility index (Phi) is 4.55. The van der Waals surface area contributed by atoms with E-state index in [0.29, 0.717) is 6.42 Å². The zero-order valence-corrected chi connectivity index (χ0v) is 14.3. The molecule has 0 fully saturated rings. The summed E-state index contributed by atoms with van der Waals surface area (Å²) in [6.07, 6.45) is 0.609. The van der Waals surface area contributed by atoms with Crippen molar-refractivity contribution >= 4 is 0 Å². The predicted molar refractivity (Wildman–Crippen MR) is 100 cm³/mol. The van der Waals surface area contributed by atoms with E-state index in [-0.39, 0.29) is 5.41 Å². The van der Waals surface area contributed by atoms with E-state index in [1.807, 2.05) is 32.0 Å². The highest BCUT2D eigenvalue weighted by molar-refractivity contribution is 5.50. The van der Waals surface area contributed by atoms with Crippen LogP contribution in [0.2, 0.25) is 0 Å². The van der Waals surface area contributed by atoms with E-state index < -0.39 is 5.60 Å². The molecule has 0 aliphatic rings. The van der Waals surface area contributed by atoms with Crippen LogP contribution in [0.1, 0.15) is 37.0 Å². The predicted octanol–water partition coefficient (Wildman–Crippen LogP) is 5.18. The molecule has 122 valence electrons. The van der Waals surface area contributed by atoms with Crippen LogP contribution < -0.4 is 0 Å². The Morgan fingerprint density at radius 2 is 0.875 bits per heavy atom. The van der Waals surface area contributed by atoms with Crippen molar-refractivity contribution in [1.82, 2.24) is 0 Å². The second kappa shape index (κ2) is 6.62. The molecule has 24 heavy (non-hydrogen) atoms. The van der Waals surface area contributed by atoms with Gasteiger partial charge in [0.1, 0.15) is 0 Å². The second-order valence-corrected chi connectivity index (χ2v) is 6.99. The summed E-state index contributed by atoms with van der Waals surface area (Å²) in [5, 5.41) is 10.7. The average Bonchev–Trinajstić information content (AvgIpc) is 2.61. The van der Waals surface area contributed by atoms with Crippen molar-refractivity contribution in [2.24, 2.45) is 0 Å². The van der Waals surface area contributed by atoms with Gasteiger partial charge in [-0.15, -0.1) is 0 Å². The maximum atomic E-state index is 10.7. The smallest absolute Gasteiger partial charge is 0.0606 e. The molecule has 0 heterocycles. The minimum atomic E-state index is -0.804. The van der Waals surface area contributed by atoms with E-state index >= 15 is 0 Å². The summed E-state index contributed by atoms with van der Waals surface area (Å²) >= 11 is 0. The Balaban J connectivity index is 2.33. The number of benzene rings is 3. The molecule has 0 aliphatic heterocycles. The van der Waals surface area contributed by atoms with Crippen molar-refractivity contribution in [3.05, 3.63) is 108 Å². The largest absolute Gasteiger partial charge is 0.390 e. The van der Waals surface area contributed by atoms with Crippen LogP contribution in [-0.2, 0) is 5.41 Å². The normalized spacial score (nSPS) is 12.1. The summed E-state index contributed by atoms with van der Waals surface area (Å²) in [5.41, 5.74) is 2.40. The minimum Gasteiger partial charge on any atom is -0.390 e. The van der Waals surface area contributed by atoms with Gasteiger partial charge in [-0.05, 0) is 37.0 Å². The molecule has 0 amide bonds. The van der Waals surface area contributed by atoms with Crippen LogP contribution in [0.15, 0.2) is 91.0 Å². The van der Waals surface area contributed by atoms with Gasteiger partial charge in [0, 0.05) is 5.41 Å². The first-order valence-corrected chi connectivity index (χ1v) is 8.41. The summed E-state index contributed by atoms with van der Waals surface area (Å²) in [4.78, 5) is 0. The third kappa shape index (κ3) is 3.27. The van der Waals surface area contributed by atoms with E-state index in [4.69, 9.17) is 0 Å². The Bertz CT molecular complexity index is 659. The lowest BCUT2D eigenvalue weighted by molar-refractivity contribution is 0.0566. The summed E-state index contributed by atoms with van der Waals surface area (Å²) in [7, 11) is 0. The molecule has 0 saturated carbocycles. The summed E-state index contributed by atoms with van der Waals surface area (Å²) in [6.45, 7) is 3.77. The van der Waals surface area contributed by atoms with Crippen molar-refractivity contribution in [3.8, 4) is 0 Å². The van der Waals surface area contributed by atoms with Crippen LogP contribution in [0.3, 0.4) is 0 Å². The number of rotatable bonds is 5. The zero-order chi connectivity index (χ0) is 17.0. The highest BCUT2D eigenvalue weighted by Gasteiger charge is 2.40. The minimum absolute atomic E-state index is 0.387. The number of hydrogen-bond donors (Lipinski definition) is 1. The van der Waals surface area contributed by atoms with Gasteiger partial charge in [-0.1, -0.05) is 91.0 Å². The quantitative estimate of drug-likeness (QED) is 0.643. The third-order valence-corrected chi connectivity index (χ3v) is 4.50. The van der Waals surface area contributed by atoms with Gasteiger partial charge in [0.25, 0.3) is 0 Å². The van der Waals surface area contributed by atoms with Gasteiger partial charge < -0.3 is 5.11 Å². The van der Waals surface area contributed by atoms with E-state index in [9.17, 15) is 5.11 Å². The lowest BCUT2D eigenvalue weighted by Crippen LogP contribution is -2.38. The van der Waals surface area contributed by atoms with Gasteiger partial charge >= 0.3 is 0 Å². The first-order valence-electron chi connectivity index (χ1n) is 8.41. The van der Waals surface area contributed by atoms with Gasteiger partial charge in [-0.3, -0.25) is 0 Å². The van der Waals surface area contributed by atoms with Crippen LogP contribution in [-0.4, -0.2) is 10.7 Å². The molecule has 0 atom stereocenters. The fourth-order valence-corrected chi connectivity index (χ4v) is 3.62. The molecule has 0 radical (unpaired) electrons. The Labute approximate surface area is 144 Å². The van der Waals surface area contributed by atoms with Gasteiger partial charge in [0.05, 0.1) is 5.60 Å². The standard InChI is InChI=1S/C23H24O/c1-22(2,24)18-23(19-12-6-3-7-13-19,20-14-8-4-9-15-20)21-16-10-5-11-17-21/h3-17,24H,18H2,1-2H3. The fraction of sp³-hybridized carbons (Fsp3) is 0.217. The average molecular weight is 316 g/mol. The van der Waals surface area contributed by atoms with Crippen LogP contribution in [0.4, 0.5) is 0 Å². The molecule has 1 N–H and O–H groups in total. The lowest BCUT2D eigenvalue weighted by atomic mass is 9.64. The maximum absolute atomic E-state index is 10.7. The molecular weight excluding hydrogens is 292 g/mol. The molecule has 0 unspecified atom stereocenters. The van der Waals surface area contributed by atoms with Crippen LogP contribution >= 0.6 is 0 Å².